The van der Waals surface area contributed by atoms with Crippen molar-refractivity contribution in [3.63, 3.8) is 0 Å². The molecule has 0 spiro atoms. The third-order valence-corrected chi connectivity index (χ3v) is 5.34. The Kier molecular flexibility index (Phi) is 6.01. The fourth-order valence-electron chi connectivity index (χ4n) is 3.10. The molecule has 0 bridgehead atoms. The number of ether oxygens (including phenoxy) is 1. The Morgan fingerprint density at radius 3 is 2.50 bits per heavy atom. The highest BCUT2D eigenvalue weighted by molar-refractivity contribution is 6.33. The van der Waals surface area contributed by atoms with Gasteiger partial charge < -0.3 is 15.5 Å². The third-order valence-electron chi connectivity index (χ3n) is 4.65. The minimum absolute atomic E-state index is 0.171. The number of imidazole rings is 1. The number of hydrogen-bond donors (Lipinski definition) is 2. The molecule has 0 aliphatic heterocycles. The molecule has 8 heteroatoms. The molecular formula is C22H25Cl2N5O. The predicted molar refractivity (Wildman–Crippen MR) is 123 cm³/mol. The van der Waals surface area contributed by atoms with E-state index in [1.54, 1.807) is 4.68 Å². The fraction of sp³-hybridized carbons (Fsp3) is 0.273. The molecule has 0 amide bonds. The van der Waals surface area contributed by atoms with Gasteiger partial charge in [-0.05, 0) is 23.3 Å². The molecule has 30 heavy (non-hydrogen) atoms. The van der Waals surface area contributed by atoms with Crippen molar-refractivity contribution in [2.24, 2.45) is 12.8 Å². The van der Waals surface area contributed by atoms with Crippen molar-refractivity contribution in [2.45, 2.75) is 26.2 Å². The summed E-state index contributed by atoms with van der Waals surface area (Å²) in [6.07, 6.45) is 1.83. The smallest absolute Gasteiger partial charge is 0.212 e. The van der Waals surface area contributed by atoms with Crippen LogP contribution in [0.15, 0.2) is 30.8 Å². The number of aromatic nitrogens is 4. The van der Waals surface area contributed by atoms with Crippen molar-refractivity contribution in [2.75, 3.05) is 7.11 Å². The number of H-pyrrole nitrogens is 1. The molecule has 6 nitrogen and oxygen atoms in total. The average molecular weight is 446 g/mol. The first-order valence-electron chi connectivity index (χ1n) is 9.33. The number of methoxy groups -OCH3 is 1. The summed E-state index contributed by atoms with van der Waals surface area (Å²) in [7, 11) is 3.32. The lowest BCUT2D eigenvalue weighted by Gasteiger charge is -2.15. The summed E-state index contributed by atoms with van der Waals surface area (Å²) in [6.45, 7) is 10.3. The van der Waals surface area contributed by atoms with E-state index in [4.69, 9.17) is 33.7 Å². The molecule has 0 aliphatic rings. The van der Waals surface area contributed by atoms with Crippen molar-refractivity contribution in [1.82, 2.24) is 19.7 Å². The zero-order valence-electron chi connectivity index (χ0n) is 17.7. The van der Waals surface area contributed by atoms with Gasteiger partial charge in [0, 0.05) is 17.5 Å². The maximum atomic E-state index is 6.69. The van der Waals surface area contributed by atoms with Crippen LogP contribution < -0.4 is 16.4 Å². The Balaban J connectivity index is 2.24. The van der Waals surface area contributed by atoms with E-state index in [0.29, 0.717) is 37.8 Å². The normalized spacial score (nSPS) is 13.5. The van der Waals surface area contributed by atoms with Crippen LogP contribution in [0.3, 0.4) is 0 Å². The van der Waals surface area contributed by atoms with Crippen LogP contribution >= 0.6 is 23.2 Å². The largest absolute Gasteiger partial charge is 0.481 e. The van der Waals surface area contributed by atoms with Crippen molar-refractivity contribution in [3.05, 3.63) is 62.8 Å². The number of aromatic amines is 1. The molecule has 0 radical (unpaired) electrons. The number of halogens is 2. The second-order valence-electron chi connectivity index (χ2n) is 7.95. The zero-order valence-corrected chi connectivity index (χ0v) is 19.2. The number of nitrogens with one attached hydrogen (secondary N) is 1. The van der Waals surface area contributed by atoms with Crippen LogP contribution in [0.4, 0.5) is 0 Å². The maximum Gasteiger partial charge on any atom is 0.212 e. The molecule has 0 unspecified atom stereocenters. The minimum atomic E-state index is -0.215. The van der Waals surface area contributed by atoms with Gasteiger partial charge in [0.25, 0.3) is 0 Å². The molecule has 3 aromatic rings. The summed E-state index contributed by atoms with van der Waals surface area (Å²) in [5.41, 5.74) is 8.81. The molecule has 0 saturated carbocycles. The summed E-state index contributed by atoms with van der Waals surface area (Å²) >= 11 is 13.0. The molecular weight excluding hydrogens is 421 g/mol. The molecule has 0 atom stereocenters. The lowest BCUT2D eigenvalue weighted by Crippen LogP contribution is -2.30. The number of nitrogens with zero attached hydrogens (tertiary/aromatic N) is 3. The first-order chi connectivity index (χ1) is 14.0. The molecule has 2 heterocycles. The first kappa shape index (κ1) is 22.0. The van der Waals surface area contributed by atoms with Crippen LogP contribution in [0.1, 0.15) is 32.0 Å². The summed E-state index contributed by atoms with van der Waals surface area (Å²) in [5.74, 6) is 0.698. The number of aryl methyl sites for hydroxylation is 1. The van der Waals surface area contributed by atoms with Crippen LogP contribution in [-0.4, -0.2) is 26.9 Å². The SMILES string of the molecule is C=C(/C=c1/[nH]c(-c2c(Cl)c(C(C)(C)C)nn2C)n/c1=C(/N)OC)c1ccccc1Cl. The molecule has 3 rings (SSSR count). The van der Waals surface area contributed by atoms with Gasteiger partial charge in [0.1, 0.15) is 11.0 Å². The standard InChI is InChI=1S/C22H25Cl2N5O/c1-12(13-9-7-8-10-14(13)23)11-15-17(20(25)30-6)27-21(26-15)18-16(24)19(22(2,3)4)28-29(18)5/h7-11H,1,25H2,2-6H3,(H,26,27)/b15-11+,20-17-. The Labute approximate surface area is 185 Å². The van der Waals surface area contributed by atoms with Gasteiger partial charge >= 0.3 is 0 Å². The lowest BCUT2D eigenvalue weighted by molar-refractivity contribution is 0.355. The second kappa shape index (κ2) is 8.20. The zero-order chi connectivity index (χ0) is 22.2. The van der Waals surface area contributed by atoms with E-state index in [-0.39, 0.29) is 11.3 Å². The summed E-state index contributed by atoms with van der Waals surface area (Å²) < 4.78 is 6.95. The molecule has 0 saturated heterocycles. The van der Waals surface area contributed by atoms with E-state index in [1.807, 2.05) is 37.4 Å². The Bertz CT molecular complexity index is 1230. The monoisotopic (exact) mass is 445 g/mol. The van der Waals surface area contributed by atoms with Gasteiger partial charge in [-0.2, -0.15) is 5.10 Å². The topological polar surface area (TPSA) is 81.8 Å². The highest BCUT2D eigenvalue weighted by Gasteiger charge is 2.26. The van der Waals surface area contributed by atoms with Crippen molar-refractivity contribution in [1.29, 1.82) is 0 Å². The first-order valence-corrected chi connectivity index (χ1v) is 10.1. The Morgan fingerprint density at radius 1 is 1.27 bits per heavy atom. The Hall–Kier alpha value is -2.70. The maximum absolute atomic E-state index is 6.69. The number of rotatable bonds is 4. The highest BCUT2D eigenvalue weighted by Crippen LogP contribution is 2.34. The Morgan fingerprint density at radius 2 is 1.93 bits per heavy atom. The summed E-state index contributed by atoms with van der Waals surface area (Å²) in [4.78, 5) is 7.93. The number of nitrogens with two attached hydrogens (primary N) is 1. The highest BCUT2D eigenvalue weighted by atomic mass is 35.5. The summed E-state index contributed by atoms with van der Waals surface area (Å²) in [5, 5.41) is 6.82. The molecule has 2 aromatic heterocycles. The lowest BCUT2D eigenvalue weighted by atomic mass is 9.92. The van der Waals surface area contributed by atoms with E-state index >= 15 is 0 Å². The van der Waals surface area contributed by atoms with Crippen LogP contribution in [0.25, 0.3) is 29.1 Å². The van der Waals surface area contributed by atoms with E-state index in [9.17, 15) is 0 Å². The molecule has 158 valence electrons. The molecule has 1 aromatic carbocycles. The van der Waals surface area contributed by atoms with E-state index < -0.39 is 0 Å². The van der Waals surface area contributed by atoms with Crippen LogP contribution in [0.5, 0.6) is 0 Å². The summed E-state index contributed by atoms with van der Waals surface area (Å²) in [6, 6.07) is 7.48. The number of benzene rings is 1. The van der Waals surface area contributed by atoms with E-state index in [2.05, 4.69) is 42.4 Å². The van der Waals surface area contributed by atoms with Crippen LogP contribution in [0, 0.1) is 0 Å². The van der Waals surface area contributed by atoms with Crippen LogP contribution in [0.2, 0.25) is 10.0 Å². The molecule has 0 aliphatic carbocycles. The van der Waals surface area contributed by atoms with Gasteiger partial charge in [-0.25, -0.2) is 4.98 Å². The van der Waals surface area contributed by atoms with Crippen molar-refractivity contribution >= 4 is 40.7 Å². The van der Waals surface area contributed by atoms with Gasteiger partial charge in [-0.3, -0.25) is 4.68 Å². The number of allylic oxidation sites excluding steroid dienone is 1. The van der Waals surface area contributed by atoms with Gasteiger partial charge in [0.15, 0.2) is 5.82 Å². The van der Waals surface area contributed by atoms with Crippen molar-refractivity contribution < 1.29 is 4.74 Å². The fourth-order valence-corrected chi connectivity index (χ4v) is 3.89. The third kappa shape index (κ3) is 4.11. The molecule has 3 N–H and O–H groups in total. The van der Waals surface area contributed by atoms with E-state index in [0.717, 1.165) is 11.3 Å². The van der Waals surface area contributed by atoms with Crippen LogP contribution in [-0.2, 0) is 17.2 Å². The minimum Gasteiger partial charge on any atom is -0.481 e. The second-order valence-corrected chi connectivity index (χ2v) is 8.74. The molecule has 0 fully saturated rings. The quantitative estimate of drug-likeness (QED) is 0.642. The van der Waals surface area contributed by atoms with E-state index in [1.165, 1.54) is 7.11 Å². The van der Waals surface area contributed by atoms with Crippen molar-refractivity contribution in [3.8, 4) is 11.5 Å². The average Bonchev–Trinajstić information content (AvgIpc) is 3.21. The number of hydrogen-bond acceptors (Lipinski definition) is 4. The van der Waals surface area contributed by atoms with Gasteiger partial charge in [0.05, 0.1) is 23.2 Å². The predicted octanol–water partition coefficient (Wildman–Crippen LogP) is 3.58. The van der Waals surface area contributed by atoms with Gasteiger partial charge in [-0.1, -0.05) is 68.8 Å². The van der Waals surface area contributed by atoms with Gasteiger partial charge in [-0.15, -0.1) is 0 Å². The van der Waals surface area contributed by atoms with Gasteiger partial charge in [0.2, 0.25) is 5.88 Å².